The summed E-state index contributed by atoms with van der Waals surface area (Å²) in [4.78, 5) is 11.5. The standard InChI is InChI=1S/C17H24N6S2/c1-3-7-25-22-12-9-15-13(14(18)4-5-19-2)10-21-16(23(15)11-12)17-20-6-8-24-17/h4-6,8,12,18-19,22H,3,7,9-11H2,1-2H3/b5-4-,18-14?. The van der Waals surface area contributed by atoms with Gasteiger partial charge in [0, 0.05) is 54.7 Å². The minimum Gasteiger partial charge on any atom is -0.394 e. The average molecular weight is 377 g/mol. The van der Waals surface area contributed by atoms with Crippen LogP contribution >= 0.6 is 23.3 Å². The van der Waals surface area contributed by atoms with Gasteiger partial charge in [0.2, 0.25) is 0 Å². The van der Waals surface area contributed by atoms with Crippen molar-refractivity contribution >= 4 is 34.8 Å². The van der Waals surface area contributed by atoms with E-state index in [0.717, 1.165) is 41.6 Å². The summed E-state index contributed by atoms with van der Waals surface area (Å²) in [7, 11) is 1.84. The Bertz CT molecular complexity index is 692. The molecule has 0 saturated carbocycles. The zero-order valence-corrected chi connectivity index (χ0v) is 16.2. The van der Waals surface area contributed by atoms with Gasteiger partial charge in [0.05, 0.1) is 12.3 Å². The summed E-state index contributed by atoms with van der Waals surface area (Å²) in [5.74, 6) is 2.06. The first kappa shape index (κ1) is 18.2. The van der Waals surface area contributed by atoms with E-state index >= 15 is 0 Å². The molecular weight excluding hydrogens is 352 g/mol. The highest BCUT2D eigenvalue weighted by molar-refractivity contribution is 7.97. The van der Waals surface area contributed by atoms with Crippen LogP contribution in [0, 0.1) is 5.41 Å². The number of nitrogens with zero attached hydrogens (tertiary/aromatic N) is 3. The van der Waals surface area contributed by atoms with Gasteiger partial charge in [-0.3, -0.25) is 9.71 Å². The minimum absolute atomic E-state index is 0.367. The number of rotatable bonds is 8. The van der Waals surface area contributed by atoms with Crippen LogP contribution in [-0.2, 0) is 0 Å². The van der Waals surface area contributed by atoms with Crippen molar-refractivity contribution in [2.45, 2.75) is 25.8 Å². The van der Waals surface area contributed by atoms with Crippen LogP contribution in [0.15, 0.2) is 40.1 Å². The van der Waals surface area contributed by atoms with Crippen LogP contribution in [0.5, 0.6) is 0 Å². The molecule has 3 heterocycles. The Kier molecular flexibility index (Phi) is 6.28. The molecule has 1 atom stereocenters. The van der Waals surface area contributed by atoms with E-state index in [4.69, 9.17) is 10.4 Å². The second-order valence-electron chi connectivity index (χ2n) is 5.92. The summed E-state index contributed by atoms with van der Waals surface area (Å²) in [6.45, 7) is 3.61. The lowest BCUT2D eigenvalue weighted by Crippen LogP contribution is -2.35. The lowest BCUT2D eigenvalue weighted by atomic mass is 10.0. The molecule has 0 bridgehead atoms. The summed E-state index contributed by atoms with van der Waals surface area (Å²) in [5, 5.41) is 14.3. The van der Waals surface area contributed by atoms with Crippen molar-refractivity contribution in [2.75, 3.05) is 25.9 Å². The summed E-state index contributed by atoms with van der Waals surface area (Å²) < 4.78 is 3.58. The second kappa shape index (κ2) is 8.64. The lowest BCUT2D eigenvalue weighted by Gasteiger charge is -2.27. The molecule has 2 aliphatic rings. The Hall–Kier alpha value is -1.64. The van der Waals surface area contributed by atoms with Crippen molar-refractivity contribution in [1.82, 2.24) is 19.9 Å². The van der Waals surface area contributed by atoms with E-state index in [9.17, 15) is 0 Å². The van der Waals surface area contributed by atoms with Crippen LogP contribution in [0.25, 0.3) is 0 Å². The van der Waals surface area contributed by atoms with Gasteiger partial charge in [-0.05, 0) is 18.7 Å². The van der Waals surface area contributed by atoms with Crippen molar-refractivity contribution in [3.8, 4) is 0 Å². The van der Waals surface area contributed by atoms with Crippen LogP contribution in [-0.4, -0.2) is 53.4 Å². The van der Waals surface area contributed by atoms with Gasteiger partial charge in [0.1, 0.15) is 0 Å². The molecule has 1 fully saturated rings. The molecule has 0 amide bonds. The summed E-state index contributed by atoms with van der Waals surface area (Å²) in [6.07, 6.45) is 7.50. The molecular formula is C17H24N6S2. The third-order valence-electron chi connectivity index (χ3n) is 4.08. The van der Waals surface area contributed by atoms with Gasteiger partial charge in [-0.2, -0.15) is 0 Å². The number of nitrogens with one attached hydrogen (secondary N) is 3. The molecule has 134 valence electrons. The van der Waals surface area contributed by atoms with E-state index in [1.807, 2.05) is 18.6 Å². The van der Waals surface area contributed by atoms with Crippen LogP contribution in [0.2, 0.25) is 0 Å². The van der Waals surface area contributed by atoms with Gasteiger partial charge < -0.3 is 15.6 Å². The molecule has 1 unspecified atom stereocenters. The molecule has 3 rings (SSSR count). The number of fused-ring (bicyclic) bond motifs is 1. The third kappa shape index (κ3) is 4.13. The maximum atomic E-state index is 8.39. The van der Waals surface area contributed by atoms with E-state index < -0.39 is 0 Å². The van der Waals surface area contributed by atoms with E-state index in [1.165, 1.54) is 5.70 Å². The Morgan fingerprint density at radius 2 is 2.44 bits per heavy atom. The molecule has 1 aromatic heterocycles. The monoisotopic (exact) mass is 376 g/mol. The van der Waals surface area contributed by atoms with Crippen LogP contribution in [0.4, 0.5) is 0 Å². The Morgan fingerprint density at radius 3 is 3.16 bits per heavy atom. The summed E-state index contributed by atoms with van der Waals surface area (Å²) in [6, 6.07) is 0.367. The predicted octanol–water partition coefficient (Wildman–Crippen LogP) is 2.63. The number of allylic oxidation sites excluding steroid dienone is 1. The Labute approximate surface area is 157 Å². The topological polar surface area (TPSA) is 76.4 Å². The average Bonchev–Trinajstić information content (AvgIpc) is 3.28. The fourth-order valence-corrected chi connectivity index (χ4v) is 4.32. The SMILES string of the molecule is CCCSNC1CC2=C(C(=N)/C=C\NC)CN=C(c3nccs3)N2C1. The van der Waals surface area contributed by atoms with Gasteiger partial charge in [0.15, 0.2) is 10.8 Å². The molecule has 1 aromatic rings. The molecule has 25 heavy (non-hydrogen) atoms. The van der Waals surface area contributed by atoms with Gasteiger partial charge in [0.25, 0.3) is 0 Å². The number of hydrogen-bond acceptors (Lipinski definition) is 8. The molecule has 1 saturated heterocycles. The number of aliphatic imine (C=N–C) groups is 1. The van der Waals surface area contributed by atoms with Gasteiger partial charge in [-0.15, -0.1) is 11.3 Å². The zero-order valence-electron chi connectivity index (χ0n) is 14.6. The normalized spacial score (nSPS) is 20.2. The largest absolute Gasteiger partial charge is 0.394 e. The highest BCUT2D eigenvalue weighted by Crippen LogP contribution is 2.32. The molecule has 2 aliphatic heterocycles. The predicted molar refractivity (Wildman–Crippen MR) is 107 cm³/mol. The minimum atomic E-state index is 0.367. The van der Waals surface area contributed by atoms with Crippen molar-refractivity contribution in [2.24, 2.45) is 4.99 Å². The van der Waals surface area contributed by atoms with Crippen molar-refractivity contribution in [1.29, 1.82) is 5.41 Å². The first-order chi connectivity index (χ1) is 12.2. The fourth-order valence-electron chi connectivity index (χ4n) is 2.95. The fraction of sp³-hybridized carbons (Fsp3) is 0.471. The van der Waals surface area contributed by atoms with E-state index in [1.54, 1.807) is 35.6 Å². The second-order valence-corrected chi connectivity index (χ2v) is 7.74. The summed E-state index contributed by atoms with van der Waals surface area (Å²) >= 11 is 3.40. The van der Waals surface area contributed by atoms with E-state index in [0.29, 0.717) is 18.3 Å². The maximum Gasteiger partial charge on any atom is 0.165 e. The van der Waals surface area contributed by atoms with Crippen LogP contribution in [0.3, 0.4) is 0 Å². The first-order valence-electron chi connectivity index (χ1n) is 8.48. The molecule has 0 radical (unpaired) electrons. The highest BCUT2D eigenvalue weighted by atomic mass is 32.2. The van der Waals surface area contributed by atoms with E-state index in [-0.39, 0.29) is 0 Å². The van der Waals surface area contributed by atoms with Crippen molar-refractivity contribution in [3.05, 3.63) is 40.1 Å². The highest BCUT2D eigenvalue weighted by Gasteiger charge is 2.35. The van der Waals surface area contributed by atoms with Crippen LogP contribution in [0.1, 0.15) is 24.8 Å². The summed E-state index contributed by atoms with van der Waals surface area (Å²) in [5.41, 5.74) is 2.75. The van der Waals surface area contributed by atoms with Crippen molar-refractivity contribution in [3.63, 3.8) is 0 Å². The maximum absolute atomic E-state index is 8.39. The molecule has 0 aromatic carbocycles. The Balaban J connectivity index is 1.84. The number of thiazole rings is 1. The van der Waals surface area contributed by atoms with Gasteiger partial charge in [-0.25, -0.2) is 4.98 Å². The number of aromatic nitrogens is 1. The number of amidine groups is 1. The lowest BCUT2D eigenvalue weighted by molar-refractivity contribution is 0.540. The van der Waals surface area contributed by atoms with Crippen LogP contribution < -0.4 is 10.0 Å². The molecule has 6 nitrogen and oxygen atoms in total. The quantitative estimate of drug-likeness (QED) is 0.369. The smallest absolute Gasteiger partial charge is 0.165 e. The first-order valence-corrected chi connectivity index (χ1v) is 10.3. The molecule has 0 spiro atoms. The van der Waals surface area contributed by atoms with Gasteiger partial charge in [-0.1, -0.05) is 18.9 Å². The molecule has 8 heteroatoms. The molecule has 0 aliphatic carbocycles. The van der Waals surface area contributed by atoms with Crippen molar-refractivity contribution < 1.29 is 0 Å². The Morgan fingerprint density at radius 1 is 1.56 bits per heavy atom. The van der Waals surface area contributed by atoms with E-state index in [2.05, 4.69) is 26.8 Å². The van der Waals surface area contributed by atoms with Gasteiger partial charge >= 0.3 is 0 Å². The zero-order chi connectivity index (χ0) is 17.6. The number of hydrogen-bond donors (Lipinski definition) is 3. The molecule has 3 N–H and O–H groups in total. The third-order valence-corrected chi connectivity index (χ3v) is 5.96.